The molecule has 9 heteroatoms. The van der Waals surface area contributed by atoms with E-state index in [1.807, 2.05) is 36.4 Å². The maximum atomic E-state index is 12.6. The van der Waals surface area contributed by atoms with E-state index in [-0.39, 0.29) is 12.5 Å². The third-order valence-electron chi connectivity index (χ3n) is 5.39. The van der Waals surface area contributed by atoms with Crippen LogP contribution in [0.25, 0.3) is 21.9 Å². The number of hydrogen-bond acceptors (Lipinski definition) is 5. The van der Waals surface area contributed by atoms with Crippen molar-refractivity contribution in [2.75, 3.05) is 26.0 Å². The third-order valence-corrected chi connectivity index (χ3v) is 5.39. The number of carbonyl (C=O) groups excluding carboxylic acids is 3. The molecule has 150 valence electrons. The number of amides is 4. The van der Waals surface area contributed by atoms with Gasteiger partial charge in [-0.25, -0.2) is 9.37 Å². The van der Waals surface area contributed by atoms with Crippen molar-refractivity contribution in [2.24, 2.45) is 4.99 Å². The molecule has 0 saturated carbocycles. The van der Waals surface area contributed by atoms with Gasteiger partial charge < -0.3 is 9.73 Å². The first kappa shape index (κ1) is 18.0. The van der Waals surface area contributed by atoms with E-state index in [0.29, 0.717) is 17.1 Å². The van der Waals surface area contributed by atoms with Crippen molar-refractivity contribution < 1.29 is 23.4 Å². The topological polar surface area (TPSA) is 98.2 Å². The number of anilines is 1. The van der Waals surface area contributed by atoms with Crippen molar-refractivity contribution in [1.82, 2.24) is 9.80 Å². The highest BCUT2D eigenvalue weighted by Crippen LogP contribution is 2.30. The molecule has 2 aliphatic rings. The predicted molar refractivity (Wildman–Crippen MR) is 111 cm³/mol. The molecule has 5 rings (SSSR count). The van der Waals surface area contributed by atoms with E-state index in [1.54, 1.807) is 13.1 Å². The molecular formula is C21H18N5O4+. The number of fused-ring (bicyclic) bond motifs is 4. The van der Waals surface area contributed by atoms with Gasteiger partial charge in [0.2, 0.25) is 0 Å². The lowest BCUT2D eigenvalue weighted by Crippen LogP contribution is -2.61. The first-order valence-corrected chi connectivity index (χ1v) is 9.37. The highest BCUT2D eigenvalue weighted by atomic mass is 16.3. The third kappa shape index (κ3) is 2.66. The Labute approximate surface area is 170 Å². The van der Waals surface area contributed by atoms with Crippen molar-refractivity contribution in [3.05, 3.63) is 42.5 Å². The fourth-order valence-electron chi connectivity index (χ4n) is 3.84. The molecule has 4 amide bonds. The highest BCUT2D eigenvalue weighted by Gasteiger charge is 2.50. The summed E-state index contributed by atoms with van der Waals surface area (Å²) in [6.45, 7) is -0.0859. The Kier molecular flexibility index (Phi) is 3.92. The quantitative estimate of drug-likeness (QED) is 0.674. The Morgan fingerprint density at radius 2 is 1.87 bits per heavy atom. The SMILES string of the molecule is CN1C(=O)C2C(=NC=[N+]2CC(=O)Nc2ccc3c(c2)oc2ccccc23)N(C)C1=O. The van der Waals surface area contributed by atoms with Gasteiger partial charge in [-0.15, -0.1) is 0 Å². The van der Waals surface area contributed by atoms with Gasteiger partial charge in [0, 0.05) is 36.6 Å². The Balaban J connectivity index is 1.34. The molecule has 0 aliphatic carbocycles. The number of imide groups is 1. The van der Waals surface area contributed by atoms with Gasteiger partial charge >= 0.3 is 6.03 Å². The first-order chi connectivity index (χ1) is 14.4. The molecule has 30 heavy (non-hydrogen) atoms. The number of nitrogens with zero attached hydrogens (tertiary/aromatic N) is 4. The van der Waals surface area contributed by atoms with Crippen LogP contribution in [0.2, 0.25) is 0 Å². The number of benzene rings is 2. The van der Waals surface area contributed by atoms with Crippen LogP contribution in [0.5, 0.6) is 0 Å². The lowest BCUT2D eigenvalue weighted by molar-refractivity contribution is -0.519. The average Bonchev–Trinajstić information content (AvgIpc) is 3.31. The molecule has 1 N–H and O–H groups in total. The lowest BCUT2D eigenvalue weighted by atomic mass is 10.1. The normalized spacial score (nSPS) is 18.7. The standard InChI is InChI=1S/C21H17N5O4/c1-24-19-18(20(28)25(2)21(24)29)26(11-22-19)10-17(27)23-12-7-8-14-13-5-3-4-6-15(13)30-16(14)9-12/h3-9,11,18H,10H2,1-2H3/p+1. The van der Waals surface area contributed by atoms with Crippen molar-refractivity contribution in [3.63, 3.8) is 0 Å². The molecule has 1 saturated heterocycles. The fraction of sp³-hybridized carbons (Fsp3) is 0.190. The van der Waals surface area contributed by atoms with Crippen LogP contribution in [0.1, 0.15) is 0 Å². The van der Waals surface area contributed by atoms with Crippen LogP contribution in [0.15, 0.2) is 51.9 Å². The van der Waals surface area contributed by atoms with Gasteiger partial charge in [0.25, 0.3) is 30.0 Å². The number of amidine groups is 1. The molecule has 1 aromatic heterocycles. The van der Waals surface area contributed by atoms with E-state index in [9.17, 15) is 14.4 Å². The van der Waals surface area contributed by atoms with Crippen LogP contribution in [0, 0.1) is 0 Å². The summed E-state index contributed by atoms with van der Waals surface area (Å²) in [5.41, 5.74) is 2.05. The molecular weight excluding hydrogens is 386 g/mol. The van der Waals surface area contributed by atoms with Gasteiger partial charge in [-0.2, -0.15) is 0 Å². The number of rotatable bonds is 3. The number of urea groups is 1. The maximum Gasteiger partial charge on any atom is 0.333 e. The molecule has 2 aliphatic heterocycles. The summed E-state index contributed by atoms with van der Waals surface area (Å²) in [5, 5.41) is 4.81. The fourth-order valence-corrected chi connectivity index (χ4v) is 3.84. The smallest absolute Gasteiger partial charge is 0.333 e. The molecule has 0 spiro atoms. The zero-order valence-corrected chi connectivity index (χ0v) is 16.3. The molecule has 3 aromatic rings. The second-order valence-corrected chi connectivity index (χ2v) is 7.27. The highest BCUT2D eigenvalue weighted by molar-refractivity contribution is 6.21. The van der Waals surface area contributed by atoms with Gasteiger partial charge in [0.15, 0.2) is 6.54 Å². The van der Waals surface area contributed by atoms with E-state index in [2.05, 4.69) is 10.3 Å². The summed E-state index contributed by atoms with van der Waals surface area (Å²) in [4.78, 5) is 43.7. The minimum atomic E-state index is -0.790. The Bertz CT molecular complexity index is 1310. The maximum absolute atomic E-state index is 12.6. The second-order valence-electron chi connectivity index (χ2n) is 7.27. The van der Waals surface area contributed by atoms with Crippen LogP contribution in [-0.2, 0) is 9.59 Å². The molecule has 0 radical (unpaired) electrons. The summed E-state index contributed by atoms with van der Waals surface area (Å²) in [7, 11) is 2.97. The van der Waals surface area contributed by atoms with Crippen LogP contribution < -0.4 is 5.32 Å². The van der Waals surface area contributed by atoms with Gasteiger partial charge in [0.05, 0.1) is 0 Å². The predicted octanol–water partition coefficient (Wildman–Crippen LogP) is 1.87. The van der Waals surface area contributed by atoms with Crippen molar-refractivity contribution in [2.45, 2.75) is 6.04 Å². The number of hydrogen-bond donors (Lipinski definition) is 1. The molecule has 1 unspecified atom stereocenters. The van der Waals surface area contributed by atoms with Gasteiger partial charge in [-0.1, -0.05) is 18.2 Å². The number of likely N-dealkylation sites (N-methyl/N-ethyl adjacent to an activating group) is 2. The van der Waals surface area contributed by atoms with E-state index >= 15 is 0 Å². The molecule has 2 aromatic carbocycles. The van der Waals surface area contributed by atoms with Crippen molar-refractivity contribution in [1.29, 1.82) is 0 Å². The van der Waals surface area contributed by atoms with Crippen LogP contribution >= 0.6 is 0 Å². The zero-order valence-electron chi connectivity index (χ0n) is 16.3. The lowest BCUT2D eigenvalue weighted by Gasteiger charge is -2.30. The van der Waals surface area contributed by atoms with Gasteiger partial charge in [0.1, 0.15) is 11.2 Å². The Morgan fingerprint density at radius 1 is 1.10 bits per heavy atom. The number of aliphatic imine (C=N–C) groups is 1. The number of nitrogens with one attached hydrogen (secondary N) is 1. The summed E-state index contributed by atoms with van der Waals surface area (Å²) in [5.74, 6) is -0.408. The summed E-state index contributed by atoms with van der Waals surface area (Å²) >= 11 is 0. The molecule has 1 atom stereocenters. The van der Waals surface area contributed by atoms with Crippen molar-refractivity contribution in [3.8, 4) is 0 Å². The summed E-state index contributed by atoms with van der Waals surface area (Å²) < 4.78 is 7.37. The minimum absolute atomic E-state index is 0.0859. The van der Waals surface area contributed by atoms with Gasteiger partial charge in [-0.05, 0) is 23.2 Å². The number of carbonyl (C=O) groups is 3. The Hall–Kier alpha value is -4.01. The van der Waals surface area contributed by atoms with Crippen LogP contribution in [0.3, 0.4) is 0 Å². The summed E-state index contributed by atoms with van der Waals surface area (Å²) in [6.07, 6.45) is 1.42. The Morgan fingerprint density at radius 3 is 2.70 bits per heavy atom. The molecule has 0 bridgehead atoms. The minimum Gasteiger partial charge on any atom is -0.456 e. The monoisotopic (exact) mass is 404 g/mol. The van der Waals surface area contributed by atoms with Gasteiger partial charge in [-0.3, -0.25) is 19.4 Å². The zero-order chi connectivity index (χ0) is 21.0. The molecule has 3 heterocycles. The van der Waals surface area contributed by atoms with Crippen molar-refractivity contribution >= 4 is 57.6 Å². The first-order valence-electron chi connectivity index (χ1n) is 9.37. The second kappa shape index (κ2) is 6.51. The average molecular weight is 404 g/mol. The van der Waals surface area contributed by atoms with Crippen LogP contribution in [-0.4, -0.2) is 71.1 Å². The summed E-state index contributed by atoms with van der Waals surface area (Å²) in [6, 6.07) is 12.0. The van der Waals surface area contributed by atoms with E-state index in [4.69, 9.17) is 4.42 Å². The largest absolute Gasteiger partial charge is 0.456 e. The van der Waals surface area contributed by atoms with E-state index in [0.717, 1.165) is 21.3 Å². The van der Waals surface area contributed by atoms with E-state index < -0.39 is 18.0 Å². The number of para-hydroxylation sites is 1. The molecule has 9 nitrogen and oxygen atoms in total. The molecule has 1 fully saturated rings. The number of furan rings is 1. The van der Waals surface area contributed by atoms with E-state index in [1.165, 1.54) is 22.9 Å². The van der Waals surface area contributed by atoms with Crippen LogP contribution in [0.4, 0.5) is 10.5 Å².